The van der Waals surface area contributed by atoms with Gasteiger partial charge in [-0.25, -0.2) is 0 Å². The molecule has 1 heterocycles. The summed E-state index contributed by atoms with van der Waals surface area (Å²) in [5, 5.41) is 0. The van der Waals surface area contributed by atoms with E-state index in [1.54, 1.807) is 14.2 Å². The maximum absolute atomic E-state index is 12.2. The first kappa shape index (κ1) is 15.6. The zero-order valence-electron chi connectivity index (χ0n) is 13.1. The molecule has 1 aliphatic heterocycles. The van der Waals surface area contributed by atoms with Crippen LogP contribution in [0.1, 0.15) is 12.0 Å². The number of hydrogen-bond donors (Lipinski definition) is 0. The lowest BCUT2D eigenvalue weighted by Gasteiger charge is -2.32. The third-order valence-electron chi connectivity index (χ3n) is 3.89. The molecule has 1 amide bonds. The largest absolute Gasteiger partial charge is 0.497 e. The molecule has 21 heavy (non-hydrogen) atoms. The highest BCUT2D eigenvalue weighted by Crippen LogP contribution is 2.23. The highest BCUT2D eigenvalue weighted by atomic mass is 16.5. The molecular formula is C16H24N2O3. The molecule has 0 unspecified atom stereocenters. The predicted molar refractivity (Wildman–Crippen MR) is 81.9 cm³/mol. The Morgan fingerprint density at radius 2 is 1.62 bits per heavy atom. The van der Waals surface area contributed by atoms with Gasteiger partial charge in [0, 0.05) is 38.7 Å². The summed E-state index contributed by atoms with van der Waals surface area (Å²) in [5.41, 5.74) is 1.06. The van der Waals surface area contributed by atoms with E-state index in [0.29, 0.717) is 12.8 Å². The lowest BCUT2D eigenvalue weighted by Crippen LogP contribution is -2.47. The molecule has 1 aromatic carbocycles. The van der Waals surface area contributed by atoms with Gasteiger partial charge in [0.1, 0.15) is 11.5 Å². The number of methoxy groups -OCH3 is 2. The van der Waals surface area contributed by atoms with Gasteiger partial charge >= 0.3 is 0 Å². The molecule has 1 aromatic rings. The van der Waals surface area contributed by atoms with E-state index < -0.39 is 0 Å². The van der Waals surface area contributed by atoms with Gasteiger partial charge < -0.3 is 19.3 Å². The van der Waals surface area contributed by atoms with Gasteiger partial charge in [-0.3, -0.25) is 4.79 Å². The number of piperazine rings is 1. The van der Waals surface area contributed by atoms with Crippen LogP contribution in [-0.2, 0) is 11.2 Å². The van der Waals surface area contributed by atoms with E-state index in [-0.39, 0.29) is 5.91 Å². The Labute approximate surface area is 126 Å². The highest BCUT2D eigenvalue weighted by Gasteiger charge is 2.18. The molecule has 1 saturated heterocycles. The fraction of sp³-hybridized carbons (Fsp3) is 0.562. The zero-order valence-corrected chi connectivity index (χ0v) is 13.1. The van der Waals surface area contributed by atoms with E-state index in [1.165, 1.54) is 0 Å². The number of ether oxygens (including phenoxy) is 2. The molecule has 0 aromatic heterocycles. The number of rotatable bonds is 5. The molecule has 0 radical (unpaired) electrons. The first-order valence-corrected chi connectivity index (χ1v) is 7.30. The second-order valence-corrected chi connectivity index (χ2v) is 5.40. The summed E-state index contributed by atoms with van der Waals surface area (Å²) in [7, 11) is 5.35. The second kappa shape index (κ2) is 7.31. The van der Waals surface area contributed by atoms with E-state index >= 15 is 0 Å². The third-order valence-corrected chi connectivity index (χ3v) is 3.89. The number of amides is 1. The molecule has 0 aliphatic carbocycles. The van der Waals surface area contributed by atoms with Crippen molar-refractivity contribution in [2.24, 2.45) is 0 Å². The molecule has 0 spiro atoms. The van der Waals surface area contributed by atoms with Crippen molar-refractivity contribution in [1.82, 2.24) is 9.80 Å². The Balaban J connectivity index is 1.91. The third kappa shape index (κ3) is 4.36. The van der Waals surface area contributed by atoms with Crippen molar-refractivity contribution in [3.8, 4) is 11.5 Å². The summed E-state index contributed by atoms with van der Waals surface area (Å²) in [5.74, 6) is 1.75. The maximum atomic E-state index is 12.2. The van der Waals surface area contributed by atoms with Gasteiger partial charge in [-0.05, 0) is 31.2 Å². The molecule has 5 heteroatoms. The maximum Gasteiger partial charge on any atom is 0.222 e. The monoisotopic (exact) mass is 292 g/mol. The molecule has 5 nitrogen and oxygen atoms in total. The molecule has 2 rings (SSSR count). The summed E-state index contributed by atoms with van der Waals surface area (Å²) in [6, 6.07) is 5.76. The second-order valence-electron chi connectivity index (χ2n) is 5.40. The van der Waals surface area contributed by atoms with Gasteiger partial charge in [-0.15, -0.1) is 0 Å². The van der Waals surface area contributed by atoms with Crippen molar-refractivity contribution in [1.29, 1.82) is 0 Å². The van der Waals surface area contributed by atoms with Crippen LogP contribution in [0.4, 0.5) is 0 Å². The van der Waals surface area contributed by atoms with E-state index in [9.17, 15) is 4.79 Å². The van der Waals surface area contributed by atoms with Crippen molar-refractivity contribution in [2.45, 2.75) is 12.8 Å². The average molecular weight is 292 g/mol. The SMILES string of the molecule is COc1cc(CCC(=O)N2CCN(C)CC2)cc(OC)c1. The molecular weight excluding hydrogens is 268 g/mol. The Morgan fingerprint density at radius 1 is 1.05 bits per heavy atom. The van der Waals surface area contributed by atoms with Gasteiger partial charge in [-0.2, -0.15) is 0 Å². The van der Waals surface area contributed by atoms with Crippen LogP contribution in [0.3, 0.4) is 0 Å². The number of benzene rings is 1. The number of aryl methyl sites for hydroxylation is 1. The van der Waals surface area contributed by atoms with Crippen LogP contribution in [-0.4, -0.2) is 63.2 Å². The zero-order chi connectivity index (χ0) is 15.2. The molecule has 0 bridgehead atoms. The molecule has 0 atom stereocenters. The topological polar surface area (TPSA) is 42.0 Å². The standard InChI is InChI=1S/C16H24N2O3/c1-17-6-8-18(9-7-17)16(19)5-4-13-10-14(20-2)12-15(11-13)21-3/h10-12H,4-9H2,1-3H3. The van der Waals surface area contributed by atoms with Crippen LogP contribution < -0.4 is 9.47 Å². The predicted octanol–water partition coefficient (Wildman–Crippen LogP) is 1.41. The molecule has 116 valence electrons. The number of likely N-dealkylation sites (N-methyl/N-ethyl adjacent to an activating group) is 1. The first-order chi connectivity index (χ1) is 10.1. The number of nitrogens with zero attached hydrogens (tertiary/aromatic N) is 2. The number of carbonyl (C=O) groups excluding carboxylic acids is 1. The van der Waals surface area contributed by atoms with Gasteiger partial charge in [-0.1, -0.05) is 0 Å². The first-order valence-electron chi connectivity index (χ1n) is 7.30. The smallest absolute Gasteiger partial charge is 0.222 e. The van der Waals surface area contributed by atoms with E-state index in [1.807, 2.05) is 23.1 Å². The molecule has 1 fully saturated rings. The summed E-state index contributed by atoms with van der Waals surface area (Å²) in [6.45, 7) is 3.57. The lowest BCUT2D eigenvalue weighted by molar-refractivity contribution is -0.132. The molecule has 0 N–H and O–H groups in total. The lowest BCUT2D eigenvalue weighted by atomic mass is 10.1. The Hall–Kier alpha value is -1.75. The van der Waals surface area contributed by atoms with Crippen LogP contribution in [0.15, 0.2) is 18.2 Å². The van der Waals surface area contributed by atoms with Crippen LogP contribution in [0.25, 0.3) is 0 Å². The van der Waals surface area contributed by atoms with Crippen LogP contribution in [0, 0.1) is 0 Å². The van der Waals surface area contributed by atoms with E-state index in [2.05, 4.69) is 11.9 Å². The van der Waals surface area contributed by atoms with E-state index in [4.69, 9.17) is 9.47 Å². The summed E-state index contributed by atoms with van der Waals surface area (Å²) >= 11 is 0. The average Bonchev–Trinajstić information content (AvgIpc) is 2.52. The van der Waals surface area contributed by atoms with Crippen molar-refractivity contribution < 1.29 is 14.3 Å². The van der Waals surface area contributed by atoms with Gasteiger partial charge in [0.15, 0.2) is 0 Å². The summed E-state index contributed by atoms with van der Waals surface area (Å²) in [4.78, 5) is 16.4. The van der Waals surface area contributed by atoms with Gasteiger partial charge in [0.25, 0.3) is 0 Å². The Kier molecular flexibility index (Phi) is 5.44. The molecule has 0 saturated carbocycles. The van der Waals surface area contributed by atoms with Crippen LogP contribution in [0.2, 0.25) is 0 Å². The minimum atomic E-state index is 0.227. The van der Waals surface area contributed by atoms with E-state index in [0.717, 1.165) is 43.2 Å². The molecule has 1 aliphatic rings. The van der Waals surface area contributed by atoms with Crippen molar-refractivity contribution in [3.05, 3.63) is 23.8 Å². The normalized spacial score (nSPS) is 15.9. The summed E-state index contributed by atoms with van der Waals surface area (Å²) < 4.78 is 10.5. The fourth-order valence-electron chi connectivity index (χ4n) is 2.48. The Morgan fingerprint density at radius 3 is 2.14 bits per heavy atom. The fourth-order valence-corrected chi connectivity index (χ4v) is 2.48. The van der Waals surface area contributed by atoms with Crippen molar-refractivity contribution in [3.63, 3.8) is 0 Å². The Bertz CT molecular complexity index is 460. The van der Waals surface area contributed by atoms with Crippen molar-refractivity contribution >= 4 is 5.91 Å². The van der Waals surface area contributed by atoms with Crippen LogP contribution >= 0.6 is 0 Å². The quantitative estimate of drug-likeness (QED) is 0.823. The van der Waals surface area contributed by atoms with Crippen molar-refractivity contribution in [2.75, 3.05) is 47.4 Å². The number of carbonyl (C=O) groups is 1. The van der Waals surface area contributed by atoms with Gasteiger partial charge in [0.2, 0.25) is 5.91 Å². The minimum absolute atomic E-state index is 0.227. The van der Waals surface area contributed by atoms with Crippen LogP contribution in [0.5, 0.6) is 11.5 Å². The summed E-state index contributed by atoms with van der Waals surface area (Å²) in [6.07, 6.45) is 1.23. The highest BCUT2D eigenvalue weighted by molar-refractivity contribution is 5.76. The number of hydrogen-bond acceptors (Lipinski definition) is 4. The minimum Gasteiger partial charge on any atom is -0.497 e. The van der Waals surface area contributed by atoms with Gasteiger partial charge in [0.05, 0.1) is 14.2 Å².